The molecule has 0 unspecified atom stereocenters. The summed E-state index contributed by atoms with van der Waals surface area (Å²) < 4.78 is 7.40. The minimum absolute atomic E-state index is 0.266. The SMILES string of the molecule is N#Cc1ccc(Sc2nnc(-c3cccnc3)n2Cc2ccco2)nn1. The maximum atomic E-state index is 8.83. The van der Waals surface area contributed by atoms with Gasteiger partial charge in [0.1, 0.15) is 16.9 Å². The van der Waals surface area contributed by atoms with E-state index in [1.165, 1.54) is 11.8 Å². The van der Waals surface area contributed by atoms with E-state index in [2.05, 4.69) is 25.4 Å². The fourth-order valence-corrected chi connectivity index (χ4v) is 3.05. The van der Waals surface area contributed by atoms with Crippen LogP contribution in [0.3, 0.4) is 0 Å². The number of hydrogen-bond donors (Lipinski definition) is 0. The highest BCUT2D eigenvalue weighted by Gasteiger charge is 2.17. The summed E-state index contributed by atoms with van der Waals surface area (Å²) in [6.07, 6.45) is 5.07. The van der Waals surface area contributed by atoms with Crippen molar-refractivity contribution in [3.8, 4) is 17.5 Å². The van der Waals surface area contributed by atoms with Gasteiger partial charge in [-0.05, 0) is 48.2 Å². The number of rotatable bonds is 5. The van der Waals surface area contributed by atoms with Gasteiger partial charge in [0.05, 0.1) is 12.8 Å². The van der Waals surface area contributed by atoms with Crippen molar-refractivity contribution in [2.45, 2.75) is 16.7 Å². The molecule has 0 saturated heterocycles. The lowest BCUT2D eigenvalue weighted by atomic mass is 10.2. The summed E-state index contributed by atoms with van der Waals surface area (Å²) in [7, 11) is 0. The van der Waals surface area contributed by atoms with Gasteiger partial charge >= 0.3 is 0 Å². The van der Waals surface area contributed by atoms with Crippen LogP contribution in [0.1, 0.15) is 11.5 Å². The van der Waals surface area contributed by atoms with Crippen LogP contribution in [0, 0.1) is 11.3 Å². The van der Waals surface area contributed by atoms with Crippen LogP contribution >= 0.6 is 11.8 Å². The second-order valence-corrected chi connectivity index (χ2v) is 6.17. The second-order valence-electron chi connectivity index (χ2n) is 5.18. The Bertz CT molecular complexity index is 1040. The molecule has 0 atom stereocenters. The third kappa shape index (κ3) is 3.31. The van der Waals surface area contributed by atoms with Crippen LogP contribution in [0.5, 0.6) is 0 Å². The summed E-state index contributed by atoms with van der Waals surface area (Å²) in [6.45, 7) is 0.469. The van der Waals surface area contributed by atoms with Crippen molar-refractivity contribution in [3.05, 3.63) is 66.5 Å². The topological polar surface area (TPSA) is 106 Å². The molecule has 0 aliphatic heterocycles. The van der Waals surface area contributed by atoms with Gasteiger partial charge in [0, 0.05) is 18.0 Å². The average Bonchev–Trinajstić information content (AvgIpc) is 3.34. The van der Waals surface area contributed by atoms with Crippen molar-refractivity contribution < 1.29 is 4.42 Å². The highest BCUT2D eigenvalue weighted by Crippen LogP contribution is 2.28. The Labute approximate surface area is 152 Å². The van der Waals surface area contributed by atoms with Crippen molar-refractivity contribution in [2.24, 2.45) is 0 Å². The fourth-order valence-electron chi connectivity index (χ4n) is 2.30. The van der Waals surface area contributed by atoms with E-state index in [9.17, 15) is 0 Å². The predicted molar refractivity (Wildman–Crippen MR) is 91.9 cm³/mol. The summed E-state index contributed by atoms with van der Waals surface area (Å²) >= 11 is 1.32. The number of hydrogen-bond acceptors (Lipinski definition) is 8. The smallest absolute Gasteiger partial charge is 0.198 e. The lowest BCUT2D eigenvalue weighted by Gasteiger charge is -2.08. The number of furan rings is 1. The van der Waals surface area contributed by atoms with Gasteiger partial charge < -0.3 is 4.42 Å². The summed E-state index contributed by atoms with van der Waals surface area (Å²) in [5, 5.41) is 26.6. The molecule has 9 heteroatoms. The van der Waals surface area contributed by atoms with Crippen molar-refractivity contribution in [2.75, 3.05) is 0 Å². The van der Waals surface area contributed by atoms with Gasteiger partial charge in [0.15, 0.2) is 16.7 Å². The van der Waals surface area contributed by atoms with E-state index in [1.54, 1.807) is 30.8 Å². The zero-order valence-electron chi connectivity index (χ0n) is 13.4. The summed E-state index contributed by atoms with van der Waals surface area (Å²) in [5.74, 6) is 1.46. The molecule has 0 amide bonds. The van der Waals surface area contributed by atoms with E-state index < -0.39 is 0 Å². The van der Waals surface area contributed by atoms with Crippen molar-refractivity contribution in [1.29, 1.82) is 5.26 Å². The molecule has 4 aromatic heterocycles. The Hall–Kier alpha value is -3.51. The normalized spacial score (nSPS) is 10.6. The van der Waals surface area contributed by atoms with E-state index >= 15 is 0 Å². The first-order valence-electron chi connectivity index (χ1n) is 7.61. The average molecular weight is 361 g/mol. The van der Waals surface area contributed by atoms with E-state index in [0.29, 0.717) is 22.6 Å². The molecule has 0 spiro atoms. The van der Waals surface area contributed by atoms with Crippen LogP contribution in [-0.2, 0) is 6.54 Å². The summed E-state index contributed by atoms with van der Waals surface area (Å²) in [6, 6.07) is 12.8. The fraction of sp³-hybridized carbons (Fsp3) is 0.0588. The first-order valence-corrected chi connectivity index (χ1v) is 8.43. The minimum Gasteiger partial charge on any atom is -0.467 e. The van der Waals surface area contributed by atoms with E-state index in [4.69, 9.17) is 9.68 Å². The van der Waals surface area contributed by atoms with Gasteiger partial charge in [-0.3, -0.25) is 9.55 Å². The molecule has 4 heterocycles. The van der Waals surface area contributed by atoms with Gasteiger partial charge in [0.2, 0.25) is 0 Å². The largest absolute Gasteiger partial charge is 0.467 e. The van der Waals surface area contributed by atoms with Crippen LogP contribution in [-0.4, -0.2) is 29.9 Å². The predicted octanol–water partition coefficient (Wildman–Crippen LogP) is 2.79. The molecule has 0 aliphatic rings. The maximum absolute atomic E-state index is 8.83. The van der Waals surface area contributed by atoms with Crippen LogP contribution < -0.4 is 0 Å². The first kappa shape index (κ1) is 16.0. The number of pyridine rings is 1. The first-order chi connectivity index (χ1) is 12.8. The highest BCUT2D eigenvalue weighted by atomic mass is 32.2. The number of nitrogens with zero attached hydrogens (tertiary/aromatic N) is 7. The Morgan fingerprint density at radius 3 is 2.73 bits per heavy atom. The minimum atomic E-state index is 0.266. The maximum Gasteiger partial charge on any atom is 0.198 e. The molecule has 4 aromatic rings. The van der Waals surface area contributed by atoms with Crippen LogP contribution in [0.25, 0.3) is 11.4 Å². The quantitative estimate of drug-likeness (QED) is 0.534. The Balaban J connectivity index is 1.71. The molecule has 4 rings (SSSR count). The monoisotopic (exact) mass is 361 g/mol. The van der Waals surface area contributed by atoms with Crippen molar-refractivity contribution >= 4 is 11.8 Å². The van der Waals surface area contributed by atoms with E-state index in [-0.39, 0.29) is 5.69 Å². The molecular formula is C17H11N7OS. The molecule has 26 heavy (non-hydrogen) atoms. The van der Waals surface area contributed by atoms with Crippen molar-refractivity contribution in [1.82, 2.24) is 29.9 Å². The summed E-state index contributed by atoms with van der Waals surface area (Å²) in [5.41, 5.74) is 1.12. The molecule has 126 valence electrons. The lowest BCUT2D eigenvalue weighted by molar-refractivity contribution is 0.485. The standard InChI is InChI=1S/C17H11N7OS/c18-9-13-5-6-15(21-20-13)26-17-23-22-16(12-3-1-7-19-10-12)24(17)11-14-4-2-8-25-14/h1-8,10H,11H2. The zero-order chi connectivity index (χ0) is 17.8. The van der Waals surface area contributed by atoms with E-state index in [0.717, 1.165) is 11.3 Å². The van der Waals surface area contributed by atoms with Crippen molar-refractivity contribution in [3.63, 3.8) is 0 Å². The Morgan fingerprint density at radius 2 is 2.04 bits per heavy atom. The molecule has 8 nitrogen and oxygen atoms in total. The van der Waals surface area contributed by atoms with E-state index in [1.807, 2.05) is 34.9 Å². The van der Waals surface area contributed by atoms with Gasteiger partial charge in [0.25, 0.3) is 0 Å². The summed E-state index contributed by atoms with van der Waals surface area (Å²) in [4.78, 5) is 4.15. The molecule has 0 aromatic carbocycles. The van der Waals surface area contributed by atoms with Crippen LogP contribution in [0.4, 0.5) is 0 Å². The lowest BCUT2D eigenvalue weighted by Crippen LogP contribution is -2.03. The molecular weight excluding hydrogens is 350 g/mol. The third-order valence-electron chi connectivity index (χ3n) is 3.48. The second kappa shape index (κ2) is 7.16. The molecule has 0 saturated carbocycles. The number of aromatic nitrogens is 6. The van der Waals surface area contributed by atoms with Gasteiger partial charge in [-0.1, -0.05) is 0 Å². The zero-order valence-corrected chi connectivity index (χ0v) is 14.2. The highest BCUT2D eigenvalue weighted by molar-refractivity contribution is 7.99. The Kier molecular flexibility index (Phi) is 4.40. The third-order valence-corrected chi connectivity index (χ3v) is 4.39. The number of nitriles is 1. The molecule has 0 aliphatic carbocycles. The van der Waals surface area contributed by atoms with Crippen LogP contribution in [0.15, 0.2) is 69.7 Å². The van der Waals surface area contributed by atoms with Gasteiger partial charge in [-0.15, -0.1) is 20.4 Å². The molecule has 0 fully saturated rings. The molecule has 0 radical (unpaired) electrons. The molecule has 0 bridgehead atoms. The Morgan fingerprint density at radius 1 is 1.08 bits per heavy atom. The molecule has 0 N–H and O–H groups in total. The van der Waals surface area contributed by atoms with Crippen LogP contribution in [0.2, 0.25) is 0 Å². The van der Waals surface area contributed by atoms with Gasteiger partial charge in [-0.25, -0.2) is 0 Å². The van der Waals surface area contributed by atoms with Gasteiger partial charge in [-0.2, -0.15) is 5.26 Å².